The minimum Gasteiger partial charge on any atom is -0.387 e. The number of hydrogen-bond acceptors (Lipinski definition) is 9. The number of nitrogens with two attached hydrogens (primary N) is 1. The largest absolute Gasteiger partial charge is 0.387 e. The SMILES string of the molecule is CN1CCN(c2ccc3cc2[C@@H](O)CS[C@@H]2C[C@H]4C[C@H]2[C@@H](Nc2nc(ncc2F)N3)[C@H]4C(N)=O)CC1. The van der Waals surface area contributed by atoms with Gasteiger partial charge in [0.15, 0.2) is 11.6 Å². The van der Waals surface area contributed by atoms with E-state index in [0.29, 0.717) is 5.75 Å². The van der Waals surface area contributed by atoms with E-state index in [1.807, 2.05) is 18.2 Å². The molecule has 1 amide bonds. The number of anilines is 4. The quantitative estimate of drug-likeness (QED) is 0.479. The molecule has 1 saturated heterocycles. The number of primary amides is 1. The van der Waals surface area contributed by atoms with Crippen LogP contribution in [0, 0.1) is 23.6 Å². The highest BCUT2D eigenvalue weighted by atomic mass is 32.2. The highest BCUT2D eigenvalue weighted by Crippen LogP contribution is 2.54. The second-order valence-electron chi connectivity index (χ2n) is 10.5. The molecule has 5 N–H and O–H groups in total. The van der Waals surface area contributed by atoms with Crippen molar-refractivity contribution < 1.29 is 14.3 Å². The van der Waals surface area contributed by atoms with Crippen LogP contribution < -0.4 is 21.3 Å². The number of halogens is 1. The van der Waals surface area contributed by atoms with Gasteiger partial charge in [-0.15, -0.1) is 0 Å². The van der Waals surface area contributed by atoms with E-state index in [1.54, 1.807) is 11.8 Å². The van der Waals surface area contributed by atoms with Crippen molar-refractivity contribution in [2.45, 2.75) is 30.2 Å². The maximum Gasteiger partial charge on any atom is 0.229 e. The second-order valence-corrected chi connectivity index (χ2v) is 11.7. The number of carbonyl (C=O) groups is 1. The Kier molecular flexibility index (Phi) is 6.17. The molecule has 9 nitrogen and oxygen atoms in total. The number of rotatable bonds is 2. The number of likely N-dealkylation sites (N-methyl/N-ethyl adjacent to an activating group) is 1. The Morgan fingerprint density at radius 2 is 2.06 bits per heavy atom. The Labute approximate surface area is 214 Å². The van der Waals surface area contributed by atoms with Crippen molar-refractivity contribution in [1.29, 1.82) is 0 Å². The van der Waals surface area contributed by atoms with Crippen molar-refractivity contribution in [3.63, 3.8) is 0 Å². The zero-order valence-electron chi connectivity index (χ0n) is 20.2. The third kappa shape index (κ3) is 4.26. The molecule has 192 valence electrons. The fourth-order valence-corrected chi connectivity index (χ4v) is 7.97. The Balaban J connectivity index is 1.38. The standard InChI is InChI=1S/C25H32FN7O2S/c1-32-4-6-33(7-5-32)18-3-2-14-10-15(18)19(34)12-36-20-9-13-8-16(20)22(21(13)23(27)35)30-24-17(26)11-28-25(29-14)31-24/h2-3,10-11,13,16,19-22,34H,4-9,12H2,1H3,(H2,27,35)(H2,28,29,30,31)/t13-,16-,19+,20-,21+,22-/m1/s1. The van der Waals surface area contributed by atoms with Crippen LogP contribution in [-0.4, -0.2) is 76.2 Å². The van der Waals surface area contributed by atoms with E-state index < -0.39 is 11.9 Å². The molecule has 1 aromatic heterocycles. The maximum absolute atomic E-state index is 14.7. The lowest BCUT2D eigenvalue weighted by molar-refractivity contribution is -0.123. The maximum atomic E-state index is 14.7. The van der Waals surface area contributed by atoms with Gasteiger partial charge in [-0.05, 0) is 49.9 Å². The number of piperazine rings is 1. The van der Waals surface area contributed by atoms with Crippen molar-refractivity contribution >= 4 is 40.8 Å². The number of nitrogens with one attached hydrogen (secondary N) is 2. The Hall–Kier alpha value is -2.63. The number of thioether (sulfide) groups is 1. The molecule has 0 radical (unpaired) electrons. The number of benzene rings is 1. The highest BCUT2D eigenvalue weighted by Gasteiger charge is 2.55. The topological polar surface area (TPSA) is 120 Å². The van der Waals surface area contributed by atoms with Gasteiger partial charge in [0.1, 0.15) is 0 Å². The van der Waals surface area contributed by atoms with E-state index in [-0.39, 0.29) is 46.7 Å². The summed E-state index contributed by atoms with van der Waals surface area (Å²) in [7, 11) is 2.12. The van der Waals surface area contributed by atoms with E-state index in [0.717, 1.165) is 62.2 Å². The monoisotopic (exact) mass is 513 g/mol. The van der Waals surface area contributed by atoms with Crippen molar-refractivity contribution in [3.05, 3.63) is 35.8 Å². The molecular formula is C25H32FN7O2S. The molecule has 2 saturated carbocycles. The van der Waals surface area contributed by atoms with Gasteiger partial charge in [0.05, 0.1) is 18.2 Å². The summed E-state index contributed by atoms with van der Waals surface area (Å²) in [6.07, 6.45) is 2.21. The third-order valence-electron chi connectivity index (χ3n) is 8.27. The van der Waals surface area contributed by atoms with Gasteiger partial charge in [-0.25, -0.2) is 9.37 Å². The number of nitrogens with zero attached hydrogens (tertiary/aromatic N) is 4. The number of aliphatic hydroxyl groups is 1. The van der Waals surface area contributed by atoms with E-state index in [4.69, 9.17) is 5.73 Å². The Morgan fingerprint density at radius 1 is 1.25 bits per heavy atom. The summed E-state index contributed by atoms with van der Waals surface area (Å²) in [6.45, 7) is 3.73. The van der Waals surface area contributed by atoms with Crippen LogP contribution in [0.5, 0.6) is 0 Å². The zero-order chi connectivity index (χ0) is 25.0. The van der Waals surface area contributed by atoms with E-state index in [2.05, 4.69) is 37.4 Å². The first-order valence-corrected chi connectivity index (χ1v) is 13.6. The summed E-state index contributed by atoms with van der Waals surface area (Å²) < 4.78 is 14.7. The Morgan fingerprint density at radius 3 is 2.83 bits per heavy atom. The number of amides is 1. The minimum absolute atomic E-state index is 0.0754. The van der Waals surface area contributed by atoms with Gasteiger partial charge in [-0.2, -0.15) is 16.7 Å². The van der Waals surface area contributed by atoms with Crippen LogP contribution in [0.3, 0.4) is 0 Å². The van der Waals surface area contributed by atoms with Gasteiger partial charge >= 0.3 is 0 Å². The molecule has 2 aromatic rings. The average Bonchev–Trinajstić information content (AvgIpc) is 3.43. The molecule has 36 heavy (non-hydrogen) atoms. The van der Waals surface area contributed by atoms with E-state index in [1.165, 1.54) is 0 Å². The van der Waals surface area contributed by atoms with Gasteiger partial charge in [-0.1, -0.05) is 0 Å². The first kappa shape index (κ1) is 23.7. The normalized spacial score (nSPS) is 31.9. The molecule has 1 aromatic carbocycles. The Bertz CT molecular complexity index is 1160. The molecule has 2 aliphatic carbocycles. The van der Waals surface area contributed by atoms with Gasteiger partial charge in [-0.3, -0.25) is 4.79 Å². The minimum atomic E-state index is -0.656. The van der Waals surface area contributed by atoms with Crippen LogP contribution in [0.1, 0.15) is 24.5 Å². The van der Waals surface area contributed by atoms with Crippen LogP contribution in [0.25, 0.3) is 0 Å². The molecule has 4 aliphatic rings. The highest BCUT2D eigenvalue weighted by molar-refractivity contribution is 7.99. The smallest absolute Gasteiger partial charge is 0.229 e. The summed E-state index contributed by atoms with van der Waals surface area (Å²) in [5.41, 5.74) is 8.41. The predicted octanol–water partition coefficient (Wildman–Crippen LogP) is 2.18. The lowest BCUT2D eigenvalue weighted by atomic mass is 9.83. The summed E-state index contributed by atoms with van der Waals surface area (Å²) in [6, 6.07) is 5.64. The molecule has 2 aliphatic heterocycles. The molecule has 11 heteroatoms. The third-order valence-corrected chi connectivity index (χ3v) is 9.75. The van der Waals surface area contributed by atoms with Gasteiger partial charge in [0, 0.05) is 60.2 Å². The van der Waals surface area contributed by atoms with Crippen LogP contribution >= 0.6 is 11.8 Å². The summed E-state index contributed by atoms with van der Waals surface area (Å²) in [5.74, 6) is -0.135. The number of hydrogen-bond donors (Lipinski definition) is 4. The lowest BCUT2D eigenvalue weighted by Crippen LogP contribution is -2.46. The second kappa shape index (κ2) is 9.35. The number of fused-ring (bicyclic) bond motifs is 5. The fraction of sp³-hybridized carbons (Fsp3) is 0.560. The lowest BCUT2D eigenvalue weighted by Gasteiger charge is -2.37. The van der Waals surface area contributed by atoms with E-state index in [9.17, 15) is 14.3 Å². The zero-order valence-corrected chi connectivity index (χ0v) is 21.0. The molecule has 0 unspecified atom stereocenters. The van der Waals surface area contributed by atoms with Crippen molar-refractivity contribution in [3.8, 4) is 0 Å². The van der Waals surface area contributed by atoms with Crippen molar-refractivity contribution in [1.82, 2.24) is 14.9 Å². The summed E-state index contributed by atoms with van der Waals surface area (Å²) >= 11 is 1.74. The first-order valence-electron chi connectivity index (χ1n) is 12.6. The van der Waals surface area contributed by atoms with Crippen molar-refractivity contribution in [2.24, 2.45) is 23.5 Å². The van der Waals surface area contributed by atoms with Crippen LogP contribution in [-0.2, 0) is 4.79 Å². The molecule has 6 atom stereocenters. The number of carbonyl (C=O) groups excluding carboxylic acids is 1. The average molecular weight is 514 g/mol. The predicted molar refractivity (Wildman–Crippen MR) is 139 cm³/mol. The summed E-state index contributed by atoms with van der Waals surface area (Å²) in [5, 5.41) is 18.0. The van der Waals surface area contributed by atoms with Crippen molar-refractivity contribution in [2.75, 3.05) is 54.5 Å². The number of aliphatic hydroxyl groups excluding tert-OH is 1. The van der Waals surface area contributed by atoms with Gasteiger partial charge in [0.25, 0.3) is 0 Å². The molecule has 6 bridgehead atoms. The van der Waals surface area contributed by atoms with Gasteiger partial charge in [0.2, 0.25) is 11.9 Å². The summed E-state index contributed by atoms with van der Waals surface area (Å²) in [4.78, 5) is 25.5. The first-order chi connectivity index (χ1) is 17.4. The molecular weight excluding hydrogens is 481 g/mol. The fourth-order valence-electron chi connectivity index (χ4n) is 6.45. The van der Waals surface area contributed by atoms with Crippen LogP contribution in [0.15, 0.2) is 24.4 Å². The molecule has 0 spiro atoms. The van der Waals surface area contributed by atoms with Gasteiger partial charge < -0.3 is 31.3 Å². The van der Waals surface area contributed by atoms with Crippen LogP contribution in [0.2, 0.25) is 0 Å². The molecule has 3 fully saturated rings. The van der Waals surface area contributed by atoms with Crippen LogP contribution in [0.4, 0.5) is 27.5 Å². The molecule has 3 heterocycles. The van der Waals surface area contributed by atoms with E-state index >= 15 is 0 Å². The number of aromatic nitrogens is 2. The molecule has 6 rings (SSSR count).